The van der Waals surface area contributed by atoms with Crippen molar-refractivity contribution >= 4 is 17.5 Å². The van der Waals surface area contributed by atoms with Crippen LogP contribution in [-0.2, 0) is 0 Å². The molecule has 30 heavy (non-hydrogen) atoms. The highest BCUT2D eigenvalue weighted by molar-refractivity contribution is 5.92. The first-order valence-electron chi connectivity index (χ1n) is 9.34. The average molecular weight is 411 g/mol. The first-order chi connectivity index (χ1) is 14.5. The van der Waals surface area contributed by atoms with E-state index in [-0.39, 0.29) is 34.9 Å². The van der Waals surface area contributed by atoms with Crippen molar-refractivity contribution in [2.75, 3.05) is 24.1 Å². The Morgan fingerprint density at radius 2 is 2.10 bits per heavy atom. The summed E-state index contributed by atoms with van der Waals surface area (Å²) in [6.07, 6.45) is 3.80. The molecule has 0 unspecified atom stereocenters. The van der Waals surface area contributed by atoms with Gasteiger partial charge in [0.25, 0.3) is 0 Å². The Morgan fingerprint density at radius 1 is 1.23 bits per heavy atom. The maximum Gasteiger partial charge on any atom is 0.323 e. The molecule has 1 aromatic carbocycles. The molecule has 0 saturated carbocycles. The van der Waals surface area contributed by atoms with Crippen LogP contribution in [-0.4, -0.2) is 40.1 Å². The highest BCUT2D eigenvalue weighted by Crippen LogP contribution is 2.26. The lowest BCUT2D eigenvalue weighted by Crippen LogP contribution is -2.35. The van der Waals surface area contributed by atoms with E-state index in [1.165, 1.54) is 18.2 Å². The zero-order valence-corrected chi connectivity index (χ0v) is 15.9. The second kappa shape index (κ2) is 8.32. The zero-order valence-electron chi connectivity index (χ0n) is 15.9. The zero-order chi connectivity index (χ0) is 21.1. The van der Waals surface area contributed by atoms with Crippen molar-refractivity contribution < 1.29 is 18.3 Å². The van der Waals surface area contributed by atoms with Gasteiger partial charge in [-0.25, -0.2) is 18.6 Å². The molecule has 0 aliphatic carbocycles. The number of aromatic nitrogens is 2. The molecule has 1 aliphatic heterocycles. The second-order valence-corrected chi connectivity index (χ2v) is 6.85. The number of likely N-dealkylation sites (tertiary alicyclic amines) is 1. The number of rotatable bonds is 4. The third-order valence-corrected chi connectivity index (χ3v) is 4.73. The van der Waals surface area contributed by atoms with Crippen molar-refractivity contribution in [1.82, 2.24) is 14.9 Å². The van der Waals surface area contributed by atoms with Gasteiger partial charge in [-0.05, 0) is 36.4 Å². The van der Waals surface area contributed by atoms with E-state index in [1.54, 1.807) is 29.4 Å². The van der Waals surface area contributed by atoms with E-state index < -0.39 is 11.6 Å². The molecule has 4 rings (SSSR count). The monoisotopic (exact) mass is 411 g/mol. The van der Waals surface area contributed by atoms with E-state index in [9.17, 15) is 13.6 Å². The van der Waals surface area contributed by atoms with Crippen molar-refractivity contribution in [2.45, 2.75) is 12.5 Å². The SMILES string of the molecule is Nc1ccc(-c2ccc(F)cc2F)nc1NC(=O)N1CC[C@@H](Oc2cccnc2)C1. The molecular formula is C21H19F2N5O2. The van der Waals surface area contributed by atoms with Gasteiger partial charge in [-0.15, -0.1) is 0 Å². The minimum atomic E-state index is -0.750. The summed E-state index contributed by atoms with van der Waals surface area (Å²) in [6, 6.07) is 9.42. The number of anilines is 2. The molecule has 1 fully saturated rings. The molecule has 0 radical (unpaired) electrons. The van der Waals surface area contributed by atoms with E-state index in [0.29, 0.717) is 25.3 Å². The maximum atomic E-state index is 14.1. The number of benzene rings is 1. The number of nitrogen functional groups attached to an aromatic ring is 1. The number of amides is 2. The van der Waals surface area contributed by atoms with Gasteiger partial charge in [0.2, 0.25) is 0 Å². The number of nitrogens with one attached hydrogen (secondary N) is 1. The Morgan fingerprint density at radius 3 is 2.87 bits per heavy atom. The first kappa shape index (κ1) is 19.6. The lowest BCUT2D eigenvalue weighted by molar-refractivity contribution is 0.194. The predicted molar refractivity (Wildman–Crippen MR) is 108 cm³/mol. The van der Waals surface area contributed by atoms with Crippen LogP contribution in [0.15, 0.2) is 54.9 Å². The summed E-state index contributed by atoms with van der Waals surface area (Å²) in [7, 11) is 0. The third kappa shape index (κ3) is 4.29. The Hall–Kier alpha value is -3.75. The van der Waals surface area contributed by atoms with Crippen LogP contribution in [0.4, 0.5) is 25.1 Å². The third-order valence-electron chi connectivity index (χ3n) is 4.73. The molecule has 2 amide bonds. The number of carbonyl (C=O) groups excluding carboxylic acids is 1. The molecule has 154 valence electrons. The van der Waals surface area contributed by atoms with Crippen LogP contribution >= 0.6 is 0 Å². The topological polar surface area (TPSA) is 93.4 Å². The Balaban J connectivity index is 1.44. The summed E-state index contributed by atoms with van der Waals surface area (Å²) in [6.45, 7) is 0.899. The fourth-order valence-corrected chi connectivity index (χ4v) is 3.22. The summed E-state index contributed by atoms with van der Waals surface area (Å²) in [5.41, 5.74) is 6.50. The Kier molecular flexibility index (Phi) is 5.42. The van der Waals surface area contributed by atoms with Gasteiger partial charge in [0.15, 0.2) is 5.82 Å². The molecular weight excluding hydrogens is 392 g/mol. The number of ether oxygens (including phenoxy) is 1. The predicted octanol–water partition coefficient (Wildman–Crippen LogP) is 3.69. The Labute approximate surface area is 171 Å². The fourth-order valence-electron chi connectivity index (χ4n) is 3.22. The molecule has 9 heteroatoms. The van der Waals surface area contributed by atoms with Crippen LogP contribution in [0.25, 0.3) is 11.3 Å². The van der Waals surface area contributed by atoms with Crippen LogP contribution in [0.1, 0.15) is 6.42 Å². The van der Waals surface area contributed by atoms with Gasteiger partial charge in [0, 0.05) is 30.8 Å². The number of urea groups is 1. The van der Waals surface area contributed by atoms with E-state index in [1.807, 2.05) is 0 Å². The van der Waals surface area contributed by atoms with E-state index in [2.05, 4.69) is 15.3 Å². The smallest absolute Gasteiger partial charge is 0.323 e. The van der Waals surface area contributed by atoms with E-state index >= 15 is 0 Å². The van der Waals surface area contributed by atoms with Crippen LogP contribution < -0.4 is 15.8 Å². The van der Waals surface area contributed by atoms with Gasteiger partial charge < -0.3 is 15.4 Å². The molecule has 1 atom stereocenters. The van der Waals surface area contributed by atoms with Crippen LogP contribution in [0.3, 0.4) is 0 Å². The summed E-state index contributed by atoms with van der Waals surface area (Å²) in [5.74, 6) is -0.681. The van der Waals surface area contributed by atoms with Gasteiger partial charge in [-0.1, -0.05) is 0 Å². The number of hydrogen-bond donors (Lipinski definition) is 2. The molecule has 1 aliphatic rings. The molecule has 0 bridgehead atoms. The summed E-state index contributed by atoms with van der Waals surface area (Å²) in [5, 5.41) is 2.66. The standard InChI is InChI=1S/C21H19F2N5O2/c22-13-3-4-16(17(23)10-13)19-6-5-18(24)20(26-19)27-21(29)28-9-7-15(12-28)30-14-2-1-8-25-11-14/h1-6,8,10-11,15H,7,9,12,24H2,(H,26,27,29)/t15-/m1/s1. The highest BCUT2D eigenvalue weighted by Gasteiger charge is 2.28. The number of nitrogens with two attached hydrogens (primary N) is 1. The van der Waals surface area contributed by atoms with E-state index in [4.69, 9.17) is 10.5 Å². The van der Waals surface area contributed by atoms with Crippen molar-refractivity contribution in [1.29, 1.82) is 0 Å². The second-order valence-electron chi connectivity index (χ2n) is 6.85. The van der Waals surface area contributed by atoms with Crippen LogP contribution in [0.5, 0.6) is 5.75 Å². The molecule has 7 nitrogen and oxygen atoms in total. The summed E-state index contributed by atoms with van der Waals surface area (Å²) >= 11 is 0. The van der Waals surface area contributed by atoms with Crippen molar-refractivity contribution in [3.63, 3.8) is 0 Å². The fraction of sp³-hybridized carbons (Fsp3) is 0.190. The van der Waals surface area contributed by atoms with Crippen LogP contribution in [0, 0.1) is 11.6 Å². The number of halogens is 2. The molecule has 2 aromatic heterocycles. The maximum absolute atomic E-state index is 14.1. The van der Waals surface area contributed by atoms with Gasteiger partial charge in [0.05, 0.1) is 24.1 Å². The number of carbonyl (C=O) groups is 1. The molecule has 0 spiro atoms. The van der Waals surface area contributed by atoms with Gasteiger partial charge in [-0.2, -0.15) is 0 Å². The minimum absolute atomic E-state index is 0.109. The molecule has 3 aromatic rings. The van der Waals surface area contributed by atoms with Crippen LogP contribution in [0.2, 0.25) is 0 Å². The average Bonchev–Trinajstić information content (AvgIpc) is 3.19. The normalized spacial score (nSPS) is 15.8. The molecule has 3 heterocycles. The summed E-state index contributed by atoms with van der Waals surface area (Å²) < 4.78 is 33.1. The largest absolute Gasteiger partial charge is 0.487 e. The number of nitrogens with zero attached hydrogens (tertiary/aromatic N) is 3. The van der Waals surface area contributed by atoms with Crippen molar-refractivity contribution in [3.05, 3.63) is 66.5 Å². The van der Waals surface area contributed by atoms with Crippen molar-refractivity contribution in [2.24, 2.45) is 0 Å². The lowest BCUT2D eigenvalue weighted by Gasteiger charge is -2.18. The first-order valence-corrected chi connectivity index (χ1v) is 9.34. The minimum Gasteiger partial charge on any atom is -0.487 e. The van der Waals surface area contributed by atoms with Gasteiger partial charge in [0.1, 0.15) is 23.5 Å². The molecule has 3 N–H and O–H groups in total. The summed E-state index contributed by atoms with van der Waals surface area (Å²) in [4.78, 5) is 22.5. The molecule has 1 saturated heterocycles. The van der Waals surface area contributed by atoms with Crippen molar-refractivity contribution in [3.8, 4) is 17.0 Å². The lowest BCUT2D eigenvalue weighted by atomic mass is 10.1. The number of hydrogen-bond acceptors (Lipinski definition) is 5. The highest BCUT2D eigenvalue weighted by atomic mass is 19.1. The quantitative estimate of drug-likeness (QED) is 0.683. The van der Waals surface area contributed by atoms with E-state index in [0.717, 1.165) is 12.1 Å². The Bertz CT molecular complexity index is 1060. The van der Waals surface area contributed by atoms with Gasteiger partial charge in [-0.3, -0.25) is 10.3 Å². The number of pyridine rings is 2. The van der Waals surface area contributed by atoms with Gasteiger partial charge >= 0.3 is 6.03 Å².